The van der Waals surface area contributed by atoms with Gasteiger partial charge in [-0.2, -0.15) is 0 Å². The highest BCUT2D eigenvalue weighted by molar-refractivity contribution is 5.36. The second-order valence-electron chi connectivity index (χ2n) is 5.25. The first-order valence-electron chi connectivity index (χ1n) is 7.47. The molecule has 1 N–H and O–H groups in total. The van der Waals surface area contributed by atoms with Gasteiger partial charge in [0.25, 0.3) is 0 Å². The number of ether oxygens (including phenoxy) is 1. The lowest BCUT2D eigenvalue weighted by molar-refractivity contribution is 0.219. The number of aromatic nitrogens is 1. The molecule has 1 aromatic heterocycles. The summed E-state index contributed by atoms with van der Waals surface area (Å²) in [6.07, 6.45) is 1.95. The number of nitrogens with zero attached hydrogens (tertiary/aromatic N) is 2. The fourth-order valence-corrected chi connectivity index (χ4v) is 2.58. The molecule has 0 amide bonds. The number of benzene rings is 1. The predicted octanol–water partition coefficient (Wildman–Crippen LogP) is 2.91. The minimum atomic E-state index is 0.736. The van der Waals surface area contributed by atoms with Crippen LogP contribution in [-0.4, -0.2) is 29.6 Å². The van der Waals surface area contributed by atoms with Crippen LogP contribution in [0.1, 0.15) is 18.1 Å². The van der Waals surface area contributed by atoms with E-state index >= 15 is 0 Å². The van der Waals surface area contributed by atoms with Gasteiger partial charge in [-0.05, 0) is 24.6 Å². The number of hydrogen-bond acceptors (Lipinski definition) is 4. The first-order valence-corrected chi connectivity index (χ1v) is 7.47. The normalized spacial score (nSPS) is 14.9. The third kappa shape index (κ3) is 3.52. The number of pyridine rings is 1. The van der Waals surface area contributed by atoms with Crippen molar-refractivity contribution in [2.45, 2.75) is 20.0 Å². The zero-order valence-electron chi connectivity index (χ0n) is 12.4. The molecule has 0 spiro atoms. The Morgan fingerprint density at radius 3 is 2.95 bits per heavy atom. The summed E-state index contributed by atoms with van der Waals surface area (Å²) in [6, 6.07) is 12.5. The number of hydrogen-bond donors (Lipinski definition) is 1. The lowest BCUT2D eigenvalue weighted by Gasteiger charge is -2.19. The molecule has 0 fully saturated rings. The fraction of sp³-hybridized carbons (Fsp3) is 0.353. The van der Waals surface area contributed by atoms with Crippen LogP contribution in [0, 0.1) is 0 Å². The lowest BCUT2D eigenvalue weighted by Crippen LogP contribution is -2.25. The van der Waals surface area contributed by atoms with Crippen LogP contribution in [0.3, 0.4) is 0 Å². The van der Waals surface area contributed by atoms with Crippen LogP contribution in [0.4, 0.5) is 5.82 Å². The van der Waals surface area contributed by atoms with Crippen LogP contribution in [0.5, 0.6) is 5.75 Å². The Kier molecular flexibility index (Phi) is 4.36. The van der Waals surface area contributed by atoms with Crippen molar-refractivity contribution in [1.29, 1.82) is 0 Å². The van der Waals surface area contributed by atoms with Crippen LogP contribution in [0.15, 0.2) is 42.6 Å². The molecular weight excluding hydrogens is 262 g/mol. The van der Waals surface area contributed by atoms with E-state index in [0.29, 0.717) is 0 Å². The lowest BCUT2D eigenvalue weighted by atomic mass is 10.2. The third-order valence-electron chi connectivity index (χ3n) is 3.62. The minimum Gasteiger partial charge on any atom is -0.492 e. The number of anilines is 1. The van der Waals surface area contributed by atoms with Crippen molar-refractivity contribution in [2.75, 3.05) is 25.0 Å². The molecule has 4 heteroatoms. The Bertz CT molecular complexity index is 583. The molecule has 0 saturated carbocycles. The molecule has 3 rings (SSSR count). The van der Waals surface area contributed by atoms with Crippen molar-refractivity contribution in [1.82, 2.24) is 9.88 Å². The summed E-state index contributed by atoms with van der Waals surface area (Å²) in [6.45, 7) is 6.46. The molecule has 0 saturated heterocycles. The fourth-order valence-electron chi connectivity index (χ4n) is 2.58. The van der Waals surface area contributed by atoms with Gasteiger partial charge in [-0.15, -0.1) is 0 Å². The summed E-state index contributed by atoms with van der Waals surface area (Å²) in [5.74, 6) is 1.95. The van der Waals surface area contributed by atoms with Crippen LogP contribution in [-0.2, 0) is 13.1 Å². The summed E-state index contributed by atoms with van der Waals surface area (Å²) < 4.78 is 5.80. The maximum absolute atomic E-state index is 5.80. The van der Waals surface area contributed by atoms with Gasteiger partial charge in [0.05, 0.1) is 0 Å². The summed E-state index contributed by atoms with van der Waals surface area (Å²) in [4.78, 5) is 6.83. The van der Waals surface area contributed by atoms with E-state index in [2.05, 4.69) is 40.3 Å². The molecule has 110 valence electrons. The van der Waals surface area contributed by atoms with Gasteiger partial charge in [-0.1, -0.05) is 24.3 Å². The van der Waals surface area contributed by atoms with Gasteiger partial charge in [-0.3, -0.25) is 4.90 Å². The Morgan fingerprint density at radius 1 is 1.24 bits per heavy atom. The molecule has 0 bridgehead atoms. The minimum absolute atomic E-state index is 0.736. The third-order valence-corrected chi connectivity index (χ3v) is 3.62. The molecule has 21 heavy (non-hydrogen) atoms. The Morgan fingerprint density at radius 2 is 2.14 bits per heavy atom. The number of rotatable bonds is 4. The molecule has 0 aliphatic carbocycles. The highest BCUT2D eigenvalue weighted by Crippen LogP contribution is 2.23. The summed E-state index contributed by atoms with van der Waals surface area (Å²) in [5.41, 5.74) is 2.49. The highest BCUT2D eigenvalue weighted by atomic mass is 16.5. The van der Waals surface area contributed by atoms with Crippen molar-refractivity contribution in [3.8, 4) is 5.75 Å². The van der Waals surface area contributed by atoms with Gasteiger partial charge in [0.15, 0.2) is 0 Å². The Hall–Kier alpha value is -2.07. The predicted molar refractivity (Wildman–Crippen MR) is 84.5 cm³/mol. The smallest absolute Gasteiger partial charge is 0.125 e. The highest BCUT2D eigenvalue weighted by Gasteiger charge is 2.15. The van der Waals surface area contributed by atoms with Crippen molar-refractivity contribution < 1.29 is 4.74 Å². The van der Waals surface area contributed by atoms with Crippen molar-refractivity contribution in [3.05, 3.63) is 53.7 Å². The summed E-state index contributed by atoms with van der Waals surface area (Å²) in [5, 5.41) is 3.22. The standard InChI is InChI=1S/C17H21N3O/c1-2-18-17-8-7-14(11-19-17)12-20-9-10-21-16-6-4-3-5-15(16)13-20/h3-8,11H,2,9-10,12-13H2,1H3,(H,18,19). The maximum atomic E-state index is 5.80. The van der Waals surface area contributed by atoms with Crippen LogP contribution >= 0.6 is 0 Å². The first kappa shape index (κ1) is 13.9. The Balaban J connectivity index is 1.67. The molecule has 2 aromatic rings. The number of fused-ring (bicyclic) bond motifs is 1. The molecule has 1 aromatic carbocycles. The molecule has 1 aliphatic heterocycles. The van der Waals surface area contributed by atoms with Gasteiger partial charge in [0.2, 0.25) is 0 Å². The number of para-hydroxylation sites is 1. The monoisotopic (exact) mass is 283 g/mol. The molecule has 0 atom stereocenters. The van der Waals surface area contributed by atoms with Gasteiger partial charge in [-0.25, -0.2) is 4.98 Å². The van der Waals surface area contributed by atoms with E-state index in [0.717, 1.165) is 44.4 Å². The summed E-state index contributed by atoms with van der Waals surface area (Å²) >= 11 is 0. The van der Waals surface area contributed by atoms with E-state index < -0.39 is 0 Å². The summed E-state index contributed by atoms with van der Waals surface area (Å²) in [7, 11) is 0. The second-order valence-corrected chi connectivity index (χ2v) is 5.25. The van der Waals surface area contributed by atoms with Crippen LogP contribution in [0.25, 0.3) is 0 Å². The van der Waals surface area contributed by atoms with Gasteiger partial charge in [0.1, 0.15) is 18.2 Å². The molecule has 1 aliphatic rings. The quantitative estimate of drug-likeness (QED) is 0.936. The van der Waals surface area contributed by atoms with Crippen molar-refractivity contribution in [3.63, 3.8) is 0 Å². The van der Waals surface area contributed by atoms with E-state index in [9.17, 15) is 0 Å². The molecule has 0 radical (unpaired) electrons. The van der Waals surface area contributed by atoms with E-state index in [1.807, 2.05) is 24.4 Å². The van der Waals surface area contributed by atoms with Gasteiger partial charge < -0.3 is 10.1 Å². The van der Waals surface area contributed by atoms with Gasteiger partial charge in [0, 0.05) is 37.9 Å². The van der Waals surface area contributed by atoms with E-state index in [4.69, 9.17) is 4.74 Å². The second kappa shape index (κ2) is 6.59. The topological polar surface area (TPSA) is 37.4 Å². The molecule has 0 unspecified atom stereocenters. The molecular formula is C17H21N3O. The SMILES string of the molecule is CCNc1ccc(CN2CCOc3ccccc3C2)cn1. The van der Waals surface area contributed by atoms with Crippen molar-refractivity contribution >= 4 is 5.82 Å². The van der Waals surface area contributed by atoms with Crippen LogP contribution in [0.2, 0.25) is 0 Å². The Labute approximate surface area is 125 Å². The van der Waals surface area contributed by atoms with Gasteiger partial charge >= 0.3 is 0 Å². The van der Waals surface area contributed by atoms with E-state index in [1.54, 1.807) is 0 Å². The zero-order chi connectivity index (χ0) is 14.5. The van der Waals surface area contributed by atoms with Crippen LogP contribution < -0.4 is 10.1 Å². The average Bonchev–Trinajstić information content (AvgIpc) is 2.71. The van der Waals surface area contributed by atoms with E-state index in [-0.39, 0.29) is 0 Å². The molecule has 4 nitrogen and oxygen atoms in total. The number of nitrogens with one attached hydrogen (secondary N) is 1. The first-order chi connectivity index (χ1) is 10.3. The van der Waals surface area contributed by atoms with E-state index in [1.165, 1.54) is 11.1 Å². The average molecular weight is 283 g/mol. The molecule has 2 heterocycles. The van der Waals surface area contributed by atoms with Crippen molar-refractivity contribution in [2.24, 2.45) is 0 Å². The largest absolute Gasteiger partial charge is 0.492 e. The maximum Gasteiger partial charge on any atom is 0.125 e. The zero-order valence-corrected chi connectivity index (χ0v) is 12.4.